The van der Waals surface area contributed by atoms with Crippen molar-refractivity contribution in [1.29, 1.82) is 0 Å². The number of nitrogens with zero attached hydrogens (tertiary/aromatic N) is 1. The van der Waals surface area contributed by atoms with Crippen LogP contribution in [0.2, 0.25) is 0 Å². The van der Waals surface area contributed by atoms with Crippen LogP contribution in [0.25, 0.3) is 0 Å². The Hall–Kier alpha value is -0.0800. The molecule has 2 nitrogen and oxygen atoms in total. The number of piperidine rings is 1. The molecule has 19 heavy (non-hydrogen) atoms. The maximum atomic E-state index is 3.61. The summed E-state index contributed by atoms with van der Waals surface area (Å²) in [6.45, 7) is 7.47. The van der Waals surface area contributed by atoms with Crippen molar-refractivity contribution < 1.29 is 0 Å². The molecule has 0 radical (unpaired) electrons. The van der Waals surface area contributed by atoms with E-state index in [1.54, 1.807) is 0 Å². The third-order valence-electron chi connectivity index (χ3n) is 5.59. The van der Waals surface area contributed by atoms with Crippen LogP contribution in [0.3, 0.4) is 0 Å². The molecule has 2 aliphatic rings. The predicted molar refractivity (Wildman–Crippen MR) is 83.5 cm³/mol. The lowest BCUT2D eigenvalue weighted by molar-refractivity contribution is 0.0819. The second-order valence-electron chi connectivity index (χ2n) is 7.07. The Balaban J connectivity index is 1.90. The van der Waals surface area contributed by atoms with Gasteiger partial charge in [0.15, 0.2) is 0 Å². The minimum absolute atomic E-state index is 0.732. The van der Waals surface area contributed by atoms with Crippen LogP contribution >= 0.6 is 0 Å². The Labute approximate surface area is 120 Å². The normalized spacial score (nSPS) is 32.2. The van der Waals surface area contributed by atoms with E-state index < -0.39 is 0 Å². The zero-order chi connectivity index (χ0) is 13.7. The van der Waals surface area contributed by atoms with Crippen molar-refractivity contribution in [2.24, 2.45) is 11.8 Å². The molecule has 2 atom stereocenters. The molecular formula is C17H34N2. The highest BCUT2D eigenvalue weighted by molar-refractivity contribution is 4.88. The van der Waals surface area contributed by atoms with Gasteiger partial charge >= 0.3 is 0 Å². The van der Waals surface area contributed by atoms with Crippen LogP contribution in [0.5, 0.6) is 0 Å². The summed E-state index contributed by atoms with van der Waals surface area (Å²) in [5.41, 5.74) is 0. The number of likely N-dealkylation sites (tertiary alicyclic amines) is 1. The van der Waals surface area contributed by atoms with Gasteiger partial charge in [0.2, 0.25) is 0 Å². The van der Waals surface area contributed by atoms with Gasteiger partial charge in [0, 0.05) is 12.1 Å². The number of rotatable bonds is 3. The molecule has 0 amide bonds. The fourth-order valence-corrected chi connectivity index (χ4v) is 4.16. The number of likely N-dealkylation sites (N-methyl/N-ethyl adjacent to an activating group) is 1. The second kappa shape index (κ2) is 7.64. The molecule has 0 bridgehead atoms. The maximum Gasteiger partial charge on any atom is 0.0249 e. The minimum Gasteiger partial charge on any atom is -0.315 e. The van der Waals surface area contributed by atoms with Gasteiger partial charge in [0.1, 0.15) is 0 Å². The summed E-state index contributed by atoms with van der Waals surface area (Å²) in [5, 5.41) is 3.61. The number of nitrogens with one attached hydrogen (secondary N) is 1. The van der Waals surface area contributed by atoms with Crippen LogP contribution in [0.1, 0.15) is 65.2 Å². The first kappa shape index (κ1) is 15.3. The van der Waals surface area contributed by atoms with E-state index in [2.05, 4.69) is 31.1 Å². The molecule has 1 saturated carbocycles. The summed E-state index contributed by atoms with van der Waals surface area (Å²) < 4.78 is 0. The molecule has 0 spiro atoms. The molecule has 2 fully saturated rings. The van der Waals surface area contributed by atoms with Gasteiger partial charge in [-0.25, -0.2) is 0 Å². The van der Waals surface area contributed by atoms with E-state index in [0.717, 1.165) is 23.9 Å². The summed E-state index contributed by atoms with van der Waals surface area (Å²) in [6, 6.07) is 1.54. The highest BCUT2D eigenvalue weighted by atomic mass is 15.2. The van der Waals surface area contributed by atoms with Gasteiger partial charge in [-0.05, 0) is 57.7 Å². The summed E-state index contributed by atoms with van der Waals surface area (Å²) in [7, 11) is 2.17. The second-order valence-corrected chi connectivity index (χ2v) is 7.07. The Morgan fingerprint density at radius 2 is 1.53 bits per heavy atom. The standard InChI is InChI=1S/C17H34N2/c1-14(2)15-10-12-19(13-11-15)17-9-7-5-4-6-8-16(17)18-3/h14-18H,4-13H2,1-3H3. The Kier molecular flexibility index (Phi) is 6.15. The monoisotopic (exact) mass is 266 g/mol. The van der Waals surface area contributed by atoms with Gasteiger partial charge in [0.05, 0.1) is 0 Å². The predicted octanol–water partition coefficient (Wildman–Crippen LogP) is 3.67. The highest BCUT2D eigenvalue weighted by Gasteiger charge is 2.30. The van der Waals surface area contributed by atoms with Crippen LogP contribution in [-0.4, -0.2) is 37.1 Å². The van der Waals surface area contributed by atoms with E-state index in [-0.39, 0.29) is 0 Å². The van der Waals surface area contributed by atoms with Gasteiger partial charge in [-0.15, -0.1) is 0 Å². The smallest absolute Gasteiger partial charge is 0.0249 e. The quantitative estimate of drug-likeness (QED) is 0.838. The lowest BCUT2D eigenvalue weighted by atomic mass is 9.84. The maximum absolute atomic E-state index is 3.61. The van der Waals surface area contributed by atoms with Crippen molar-refractivity contribution in [3.63, 3.8) is 0 Å². The average Bonchev–Trinajstić information content (AvgIpc) is 2.39. The zero-order valence-corrected chi connectivity index (χ0v) is 13.3. The molecule has 1 heterocycles. The van der Waals surface area contributed by atoms with Crippen LogP contribution in [0.4, 0.5) is 0 Å². The lowest BCUT2D eigenvalue weighted by Crippen LogP contribution is -2.52. The van der Waals surface area contributed by atoms with E-state index in [9.17, 15) is 0 Å². The number of hydrogen-bond acceptors (Lipinski definition) is 2. The Bertz CT molecular complexity index is 244. The van der Waals surface area contributed by atoms with Crippen molar-refractivity contribution in [3.05, 3.63) is 0 Å². The molecule has 2 heteroatoms. The van der Waals surface area contributed by atoms with E-state index in [4.69, 9.17) is 0 Å². The summed E-state index contributed by atoms with van der Waals surface area (Å²) in [4.78, 5) is 2.81. The topological polar surface area (TPSA) is 15.3 Å². The molecule has 0 aromatic carbocycles. The SMILES string of the molecule is CNC1CCCCCCC1N1CCC(C(C)C)CC1. The molecule has 2 unspecified atom stereocenters. The summed E-state index contributed by atoms with van der Waals surface area (Å²) in [6.07, 6.45) is 11.4. The fourth-order valence-electron chi connectivity index (χ4n) is 4.16. The molecule has 2 rings (SSSR count). The summed E-state index contributed by atoms with van der Waals surface area (Å²) in [5.74, 6) is 1.84. The van der Waals surface area contributed by atoms with Gasteiger partial charge < -0.3 is 5.32 Å². The first-order valence-electron chi connectivity index (χ1n) is 8.63. The van der Waals surface area contributed by atoms with Crippen molar-refractivity contribution in [1.82, 2.24) is 10.2 Å². The van der Waals surface area contributed by atoms with E-state index in [1.807, 2.05) is 0 Å². The third kappa shape index (κ3) is 4.19. The van der Waals surface area contributed by atoms with Gasteiger partial charge in [-0.3, -0.25) is 4.90 Å². The molecule has 1 N–H and O–H groups in total. The van der Waals surface area contributed by atoms with Gasteiger partial charge in [-0.1, -0.05) is 39.5 Å². The largest absolute Gasteiger partial charge is 0.315 e. The molecule has 0 aromatic heterocycles. The fraction of sp³-hybridized carbons (Fsp3) is 1.00. The highest BCUT2D eigenvalue weighted by Crippen LogP contribution is 2.29. The van der Waals surface area contributed by atoms with Crippen molar-refractivity contribution >= 4 is 0 Å². The zero-order valence-electron chi connectivity index (χ0n) is 13.3. The third-order valence-corrected chi connectivity index (χ3v) is 5.59. The van der Waals surface area contributed by atoms with E-state index >= 15 is 0 Å². The van der Waals surface area contributed by atoms with Crippen LogP contribution < -0.4 is 5.32 Å². The van der Waals surface area contributed by atoms with Gasteiger partial charge in [-0.2, -0.15) is 0 Å². The number of hydrogen-bond donors (Lipinski definition) is 1. The molecule has 1 saturated heterocycles. The van der Waals surface area contributed by atoms with E-state index in [0.29, 0.717) is 0 Å². The van der Waals surface area contributed by atoms with Crippen molar-refractivity contribution in [3.8, 4) is 0 Å². The first-order valence-corrected chi connectivity index (χ1v) is 8.63. The van der Waals surface area contributed by atoms with Crippen LogP contribution in [0, 0.1) is 11.8 Å². The summed E-state index contributed by atoms with van der Waals surface area (Å²) >= 11 is 0. The van der Waals surface area contributed by atoms with Crippen molar-refractivity contribution in [2.75, 3.05) is 20.1 Å². The first-order chi connectivity index (χ1) is 9.22. The van der Waals surface area contributed by atoms with Crippen LogP contribution in [0.15, 0.2) is 0 Å². The minimum atomic E-state index is 0.732. The molecule has 1 aliphatic carbocycles. The molecule has 0 aromatic rings. The van der Waals surface area contributed by atoms with Gasteiger partial charge in [0.25, 0.3) is 0 Å². The lowest BCUT2D eigenvalue weighted by Gasteiger charge is -2.43. The van der Waals surface area contributed by atoms with Crippen LogP contribution in [-0.2, 0) is 0 Å². The van der Waals surface area contributed by atoms with E-state index in [1.165, 1.54) is 64.5 Å². The molecular weight excluding hydrogens is 232 g/mol. The van der Waals surface area contributed by atoms with Crippen molar-refractivity contribution in [2.45, 2.75) is 77.3 Å². The average molecular weight is 266 g/mol. The molecule has 112 valence electrons. The molecule has 1 aliphatic heterocycles. The Morgan fingerprint density at radius 1 is 0.895 bits per heavy atom. The Morgan fingerprint density at radius 3 is 2.11 bits per heavy atom.